The van der Waals surface area contributed by atoms with Crippen molar-refractivity contribution in [2.45, 2.75) is 0 Å². The Balaban J connectivity index is 2.74. The van der Waals surface area contributed by atoms with Crippen molar-refractivity contribution in [3.05, 3.63) is 6.20 Å². The summed E-state index contributed by atoms with van der Waals surface area (Å²) >= 11 is 0. The van der Waals surface area contributed by atoms with E-state index < -0.39 is 0 Å². The van der Waals surface area contributed by atoms with Crippen LogP contribution < -0.4 is 0 Å². The van der Waals surface area contributed by atoms with Crippen LogP contribution in [0.1, 0.15) is 0 Å². The minimum Gasteiger partial charge on any atom is -0.135 e. The van der Waals surface area contributed by atoms with E-state index in [1.807, 2.05) is 0 Å². The Hall–Kier alpha value is -1.79. The van der Waals surface area contributed by atoms with E-state index in [2.05, 4.69) is 36.0 Å². The summed E-state index contributed by atoms with van der Waals surface area (Å²) in [5, 5.41) is 24.1. The zero-order valence-corrected chi connectivity index (χ0v) is 4.71. The Kier molecular flexibility index (Phi) is 0.938. The molecule has 0 aromatic rings. The molecular weight excluding hydrogens is 134 g/mol. The maximum Gasteiger partial charge on any atom is 0.229 e. The molecule has 2 heterocycles. The highest BCUT2D eigenvalue weighted by atomic mass is 15.5. The van der Waals surface area contributed by atoms with Gasteiger partial charge in [-0.15, -0.1) is 20.4 Å². The third kappa shape index (κ3) is 0.642. The Morgan fingerprint density at radius 1 is 0.900 bits per heavy atom. The monoisotopic (exact) mass is 135 g/mol. The van der Waals surface area contributed by atoms with Crippen LogP contribution in [0.4, 0.5) is 0 Å². The van der Waals surface area contributed by atoms with Crippen LogP contribution in [0, 0.1) is 0 Å². The highest BCUT2D eigenvalue weighted by Crippen LogP contribution is 2.04. The van der Waals surface area contributed by atoms with Gasteiger partial charge in [-0.05, 0) is 15.6 Å². The maximum atomic E-state index is 3.59. The molecule has 0 saturated carbocycles. The lowest BCUT2D eigenvalue weighted by atomic mass is 10.5. The minimum atomic E-state index is 0.352. The predicted octanol–water partition coefficient (Wildman–Crippen LogP) is -1.44. The molecule has 0 amide bonds. The van der Waals surface area contributed by atoms with Crippen LogP contribution >= 0.6 is 0 Å². The Labute approximate surface area is 54.8 Å². The molecule has 2 aliphatic rings. The van der Waals surface area contributed by atoms with Gasteiger partial charge in [0.2, 0.25) is 5.82 Å². The third-order valence-electron chi connectivity index (χ3n) is 0.932. The Morgan fingerprint density at radius 3 is 2.80 bits per heavy atom. The molecule has 2 rings (SSSR count). The van der Waals surface area contributed by atoms with Gasteiger partial charge in [-0.1, -0.05) is 0 Å². The second-order valence-corrected chi connectivity index (χ2v) is 1.52. The van der Waals surface area contributed by atoms with Gasteiger partial charge in [0.1, 0.15) is 0 Å². The summed E-state index contributed by atoms with van der Waals surface area (Å²) in [7, 11) is 0. The first-order valence-corrected chi connectivity index (χ1v) is 2.47. The molecule has 0 aromatic heterocycles. The third-order valence-corrected chi connectivity index (χ3v) is 0.932. The second kappa shape index (κ2) is 1.87. The topological polar surface area (TPSA) is 90.2 Å². The molecule has 7 heteroatoms. The van der Waals surface area contributed by atoms with Gasteiger partial charge in [0.15, 0.2) is 5.69 Å². The molecular formula is C3HN7. The van der Waals surface area contributed by atoms with Crippen LogP contribution in [-0.2, 0) is 0 Å². The van der Waals surface area contributed by atoms with Gasteiger partial charge in [-0.25, -0.2) is 0 Å². The van der Waals surface area contributed by atoms with E-state index in [1.54, 1.807) is 0 Å². The number of hydrogen-bond donors (Lipinski definition) is 0. The van der Waals surface area contributed by atoms with Crippen LogP contribution in [-0.4, -0.2) is 36.0 Å². The fraction of sp³-hybridized carbons (Fsp3) is 0. The molecule has 48 valence electrons. The van der Waals surface area contributed by atoms with Gasteiger partial charge in [-0.3, -0.25) is 0 Å². The quantitative estimate of drug-likeness (QED) is 0.436. The zero-order valence-electron chi connectivity index (χ0n) is 4.71. The lowest BCUT2D eigenvalue weighted by Crippen LogP contribution is -1.81. The fourth-order valence-electron chi connectivity index (χ4n) is 0.530. The number of aromatic nitrogens is 7. The summed E-state index contributed by atoms with van der Waals surface area (Å²) in [6, 6.07) is 0. The molecule has 0 bridgehead atoms. The second-order valence-electron chi connectivity index (χ2n) is 1.52. The van der Waals surface area contributed by atoms with Crippen molar-refractivity contribution in [1.82, 2.24) is 36.0 Å². The summed E-state index contributed by atoms with van der Waals surface area (Å²) in [6.45, 7) is 0. The van der Waals surface area contributed by atoms with Gasteiger partial charge in [-0.2, -0.15) is 0 Å². The molecule has 0 aliphatic carbocycles. The van der Waals surface area contributed by atoms with Crippen LogP contribution in [0.5, 0.6) is 0 Å². The molecule has 0 N–H and O–H groups in total. The minimum absolute atomic E-state index is 0.352. The lowest BCUT2D eigenvalue weighted by molar-refractivity contribution is 0.793. The molecule has 10 heavy (non-hydrogen) atoms. The van der Waals surface area contributed by atoms with Crippen molar-refractivity contribution < 1.29 is 0 Å². The molecule has 0 radical (unpaired) electrons. The standard InChI is InChI=1S/C3HN7/c1-2-3(6-9-5-2)7-10-8-4-1/h1H. The molecule has 0 atom stereocenters. The molecule has 0 spiro atoms. The van der Waals surface area contributed by atoms with Crippen molar-refractivity contribution in [2.24, 2.45) is 0 Å². The molecule has 0 saturated heterocycles. The summed E-state index contributed by atoms with van der Waals surface area (Å²) in [5.74, 6) is 0.352. The normalized spacial score (nSPS) is 10.0. The smallest absolute Gasteiger partial charge is 0.135 e. The average Bonchev–Trinajstić information content (AvgIpc) is 2.28. The van der Waals surface area contributed by atoms with Gasteiger partial charge in [0.25, 0.3) is 0 Å². The Bertz CT molecular complexity index is 280. The predicted molar refractivity (Wildman–Crippen MR) is 27.6 cm³/mol. The van der Waals surface area contributed by atoms with Crippen LogP contribution in [0.2, 0.25) is 0 Å². The van der Waals surface area contributed by atoms with E-state index in [-0.39, 0.29) is 0 Å². The molecule has 7 nitrogen and oxygen atoms in total. The first kappa shape index (κ1) is 5.03. The Morgan fingerprint density at radius 2 is 1.80 bits per heavy atom. The summed E-state index contributed by atoms with van der Waals surface area (Å²) in [5.41, 5.74) is 0.491. The van der Waals surface area contributed by atoms with E-state index in [1.165, 1.54) is 6.20 Å². The van der Waals surface area contributed by atoms with Crippen molar-refractivity contribution in [3.8, 4) is 11.5 Å². The van der Waals surface area contributed by atoms with Gasteiger partial charge in [0, 0.05) is 0 Å². The highest BCUT2D eigenvalue weighted by Gasteiger charge is 2.05. The van der Waals surface area contributed by atoms with Crippen molar-refractivity contribution in [1.29, 1.82) is 0 Å². The van der Waals surface area contributed by atoms with E-state index in [0.29, 0.717) is 11.5 Å². The van der Waals surface area contributed by atoms with Gasteiger partial charge < -0.3 is 0 Å². The van der Waals surface area contributed by atoms with E-state index >= 15 is 0 Å². The molecule has 0 fully saturated rings. The number of hydrogen-bond acceptors (Lipinski definition) is 7. The molecule has 0 aromatic carbocycles. The molecule has 0 unspecified atom stereocenters. The van der Waals surface area contributed by atoms with Crippen molar-refractivity contribution in [2.75, 3.05) is 0 Å². The molecule has 2 aliphatic heterocycles. The zero-order chi connectivity index (χ0) is 6.81. The number of nitrogens with zero attached hydrogens (tertiary/aromatic N) is 7. The van der Waals surface area contributed by atoms with E-state index in [0.717, 1.165) is 0 Å². The summed E-state index contributed by atoms with van der Waals surface area (Å²) < 4.78 is 0. The van der Waals surface area contributed by atoms with Crippen molar-refractivity contribution in [3.63, 3.8) is 0 Å². The van der Waals surface area contributed by atoms with Crippen LogP contribution in [0.3, 0.4) is 0 Å². The largest absolute Gasteiger partial charge is 0.229 e. The van der Waals surface area contributed by atoms with Gasteiger partial charge in [0.05, 0.1) is 6.20 Å². The van der Waals surface area contributed by atoms with Crippen LogP contribution in [0.25, 0.3) is 11.5 Å². The SMILES string of the molecule is c1nnnnc2nnnc1-2. The van der Waals surface area contributed by atoms with Gasteiger partial charge >= 0.3 is 0 Å². The van der Waals surface area contributed by atoms with Crippen molar-refractivity contribution >= 4 is 0 Å². The summed E-state index contributed by atoms with van der Waals surface area (Å²) in [6.07, 6.45) is 1.40. The highest BCUT2D eigenvalue weighted by molar-refractivity contribution is 5.44. The number of rotatable bonds is 0. The summed E-state index contributed by atoms with van der Waals surface area (Å²) in [4.78, 5) is 0. The maximum absolute atomic E-state index is 3.59. The fourth-order valence-corrected chi connectivity index (χ4v) is 0.530. The van der Waals surface area contributed by atoms with E-state index in [4.69, 9.17) is 0 Å². The van der Waals surface area contributed by atoms with Crippen LogP contribution in [0.15, 0.2) is 6.20 Å². The first-order valence-electron chi connectivity index (χ1n) is 2.47. The number of fused-ring (bicyclic) bond motifs is 1. The first-order chi connectivity index (χ1) is 4.97. The lowest BCUT2D eigenvalue weighted by Gasteiger charge is -1.73. The average molecular weight is 135 g/mol. The van der Waals surface area contributed by atoms with E-state index in [9.17, 15) is 0 Å².